The van der Waals surface area contributed by atoms with Crippen molar-refractivity contribution in [2.24, 2.45) is 0 Å². The molecule has 0 spiro atoms. The van der Waals surface area contributed by atoms with Gasteiger partial charge in [0.25, 0.3) is 0 Å². The molecule has 0 saturated heterocycles. The fourth-order valence-corrected chi connectivity index (χ4v) is 2.05. The van der Waals surface area contributed by atoms with Gasteiger partial charge >= 0.3 is 6.09 Å². The Morgan fingerprint density at radius 3 is 2.54 bits per heavy atom. The second-order valence-corrected chi connectivity index (χ2v) is 6.35. The van der Waals surface area contributed by atoms with Crippen molar-refractivity contribution in [3.63, 3.8) is 0 Å². The molecule has 0 radical (unpaired) electrons. The molecule has 1 amide bonds. The molecule has 7 nitrogen and oxygen atoms in total. The Labute approximate surface area is 141 Å². The molecule has 0 heterocycles. The van der Waals surface area contributed by atoms with Gasteiger partial charge in [-0.15, -0.1) is 0 Å². The number of hydrogen-bond acceptors (Lipinski definition) is 6. The van der Waals surface area contributed by atoms with Crippen LogP contribution in [0, 0.1) is 0 Å². The van der Waals surface area contributed by atoms with Crippen molar-refractivity contribution < 1.29 is 29.3 Å². The van der Waals surface area contributed by atoms with Gasteiger partial charge in [-0.25, -0.2) is 4.79 Å². The van der Waals surface area contributed by atoms with Crippen molar-refractivity contribution >= 4 is 12.4 Å². The van der Waals surface area contributed by atoms with E-state index in [1.54, 1.807) is 32.9 Å². The molecular weight excluding hydrogens is 314 g/mol. The van der Waals surface area contributed by atoms with Crippen LogP contribution in [-0.2, 0) is 4.74 Å². The highest BCUT2D eigenvalue weighted by molar-refractivity contribution is 5.79. The molecule has 0 fully saturated rings. The van der Waals surface area contributed by atoms with E-state index in [0.29, 0.717) is 17.6 Å². The van der Waals surface area contributed by atoms with Crippen LogP contribution in [0.2, 0.25) is 0 Å². The third kappa shape index (κ3) is 6.17. The molecule has 0 aliphatic rings. The molecule has 3 N–H and O–H groups in total. The van der Waals surface area contributed by atoms with Crippen molar-refractivity contribution in [3.05, 3.63) is 29.3 Å². The van der Waals surface area contributed by atoms with Gasteiger partial charge in [0.1, 0.15) is 17.5 Å². The minimum absolute atomic E-state index is 0.128. The summed E-state index contributed by atoms with van der Waals surface area (Å²) in [5.41, 5.74) is 0.0760. The first kappa shape index (κ1) is 19.9. The quantitative estimate of drug-likeness (QED) is 0.655. The summed E-state index contributed by atoms with van der Waals surface area (Å²) >= 11 is 0. The van der Waals surface area contributed by atoms with Gasteiger partial charge in [-0.05, 0) is 44.9 Å². The van der Waals surface area contributed by atoms with Crippen molar-refractivity contribution in [2.75, 3.05) is 13.7 Å². The van der Waals surface area contributed by atoms with Gasteiger partial charge in [0, 0.05) is 6.54 Å². The number of aldehydes is 1. The molecule has 1 aromatic rings. The number of hydrogen-bond donors (Lipinski definition) is 3. The van der Waals surface area contributed by atoms with Crippen LogP contribution < -0.4 is 10.1 Å². The van der Waals surface area contributed by atoms with Crippen molar-refractivity contribution in [2.45, 2.75) is 45.0 Å². The fourth-order valence-electron chi connectivity index (χ4n) is 2.05. The molecular formula is C17H25NO6. The van der Waals surface area contributed by atoms with Crippen LogP contribution in [-0.4, -0.2) is 48.0 Å². The van der Waals surface area contributed by atoms with E-state index in [2.05, 4.69) is 5.32 Å². The molecule has 0 aliphatic heterocycles. The number of nitrogens with one attached hydrogen (secondary N) is 1. The van der Waals surface area contributed by atoms with Crippen molar-refractivity contribution in [1.29, 1.82) is 0 Å². The van der Waals surface area contributed by atoms with Gasteiger partial charge in [0.15, 0.2) is 6.29 Å². The largest absolute Gasteiger partial charge is 0.496 e. The van der Waals surface area contributed by atoms with E-state index in [4.69, 9.17) is 9.47 Å². The molecule has 1 aromatic carbocycles. The first-order chi connectivity index (χ1) is 11.2. The van der Waals surface area contributed by atoms with Crippen LogP contribution in [0.15, 0.2) is 18.2 Å². The molecule has 134 valence electrons. The third-order valence-corrected chi connectivity index (χ3v) is 3.20. The third-order valence-electron chi connectivity index (χ3n) is 3.20. The lowest BCUT2D eigenvalue weighted by molar-refractivity contribution is 0.0122. The molecule has 2 atom stereocenters. The van der Waals surface area contributed by atoms with Gasteiger partial charge in [-0.2, -0.15) is 0 Å². The summed E-state index contributed by atoms with van der Waals surface area (Å²) in [6.45, 7) is 5.39. The summed E-state index contributed by atoms with van der Waals surface area (Å²) in [6, 6.07) is 4.58. The molecule has 7 heteroatoms. The number of carbonyl (C=O) groups is 2. The zero-order valence-electron chi connectivity index (χ0n) is 14.4. The Hall–Kier alpha value is -2.12. The van der Waals surface area contributed by atoms with Gasteiger partial charge in [-0.3, -0.25) is 4.79 Å². The number of alkyl carbamates (subject to hydrolysis) is 1. The zero-order chi connectivity index (χ0) is 18.3. The van der Waals surface area contributed by atoms with Crippen molar-refractivity contribution in [1.82, 2.24) is 5.32 Å². The van der Waals surface area contributed by atoms with Crippen LogP contribution >= 0.6 is 0 Å². The fraction of sp³-hybridized carbons (Fsp3) is 0.529. The zero-order valence-corrected chi connectivity index (χ0v) is 14.4. The SMILES string of the molecule is COc1ccc(C(O)C(O)CCNC(=O)OC(C)(C)C)cc1C=O. The summed E-state index contributed by atoms with van der Waals surface area (Å²) < 4.78 is 10.1. The second kappa shape index (κ2) is 8.65. The highest BCUT2D eigenvalue weighted by Crippen LogP contribution is 2.24. The van der Waals surface area contributed by atoms with Gasteiger partial charge in [-0.1, -0.05) is 6.07 Å². The lowest BCUT2D eigenvalue weighted by atomic mass is 10.00. The maximum Gasteiger partial charge on any atom is 0.407 e. The van der Waals surface area contributed by atoms with E-state index in [0.717, 1.165) is 0 Å². The molecule has 0 saturated carbocycles. The van der Waals surface area contributed by atoms with Gasteiger partial charge < -0.3 is 25.0 Å². The summed E-state index contributed by atoms with van der Waals surface area (Å²) in [7, 11) is 1.44. The second-order valence-electron chi connectivity index (χ2n) is 6.35. The maximum atomic E-state index is 11.5. The van der Waals surface area contributed by atoms with E-state index < -0.39 is 23.9 Å². The van der Waals surface area contributed by atoms with Gasteiger partial charge in [0.2, 0.25) is 0 Å². The Bertz CT molecular complexity index is 567. The van der Waals surface area contributed by atoms with Crippen LogP contribution in [0.1, 0.15) is 49.2 Å². The standard InChI is InChI=1S/C17H25NO6/c1-17(2,3)24-16(22)18-8-7-13(20)15(21)11-5-6-14(23-4)12(9-11)10-19/h5-6,9-10,13,15,20-21H,7-8H2,1-4H3,(H,18,22). The Morgan fingerprint density at radius 1 is 1.33 bits per heavy atom. The number of rotatable bonds is 7. The smallest absolute Gasteiger partial charge is 0.407 e. The number of methoxy groups -OCH3 is 1. The Kier molecular flexibility index (Phi) is 7.18. The molecule has 0 aliphatic carbocycles. The number of carbonyl (C=O) groups excluding carboxylic acids is 2. The van der Waals surface area contributed by atoms with Crippen LogP contribution in [0.3, 0.4) is 0 Å². The van der Waals surface area contributed by atoms with Crippen LogP contribution in [0.25, 0.3) is 0 Å². The highest BCUT2D eigenvalue weighted by atomic mass is 16.6. The molecule has 0 bridgehead atoms. The average molecular weight is 339 g/mol. The Morgan fingerprint density at radius 2 is 2.00 bits per heavy atom. The molecule has 2 unspecified atom stereocenters. The topological polar surface area (TPSA) is 105 Å². The molecule has 1 rings (SSSR count). The van der Waals surface area contributed by atoms with Crippen LogP contribution in [0.4, 0.5) is 4.79 Å². The minimum atomic E-state index is -1.19. The normalized spacial score (nSPS) is 13.8. The number of ether oxygens (including phenoxy) is 2. The number of aliphatic hydroxyl groups excluding tert-OH is 2. The van der Waals surface area contributed by atoms with E-state index in [-0.39, 0.29) is 18.5 Å². The number of amides is 1. The number of aliphatic hydroxyl groups is 2. The van der Waals surface area contributed by atoms with E-state index in [1.807, 2.05) is 0 Å². The predicted octanol–water partition coefficient (Wildman–Crippen LogP) is 1.82. The van der Waals surface area contributed by atoms with E-state index >= 15 is 0 Å². The summed E-state index contributed by atoms with van der Waals surface area (Å²) in [5.74, 6) is 0.391. The van der Waals surface area contributed by atoms with E-state index in [1.165, 1.54) is 13.2 Å². The molecule has 24 heavy (non-hydrogen) atoms. The summed E-state index contributed by atoms with van der Waals surface area (Å²) in [5, 5.41) is 22.7. The lowest BCUT2D eigenvalue weighted by Crippen LogP contribution is -2.34. The maximum absolute atomic E-state index is 11.5. The molecule has 0 aromatic heterocycles. The monoisotopic (exact) mass is 339 g/mol. The predicted molar refractivity (Wildman–Crippen MR) is 88.2 cm³/mol. The summed E-state index contributed by atoms with van der Waals surface area (Å²) in [6.07, 6.45) is -2.13. The Balaban J connectivity index is 2.57. The minimum Gasteiger partial charge on any atom is -0.496 e. The average Bonchev–Trinajstić information content (AvgIpc) is 2.51. The number of benzene rings is 1. The first-order valence-corrected chi connectivity index (χ1v) is 7.64. The van der Waals surface area contributed by atoms with Crippen molar-refractivity contribution in [3.8, 4) is 5.75 Å². The lowest BCUT2D eigenvalue weighted by Gasteiger charge is -2.21. The highest BCUT2D eigenvalue weighted by Gasteiger charge is 2.21. The van der Waals surface area contributed by atoms with Crippen LogP contribution in [0.5, 0.6) is 5.75 Å². The van der Waals surface area contributed by atoms with E-state index in [9.17, 15) is 19.8 Å². The first-order valence-electron chi connectivity index (χ1n) is 7.64. The summed E-state index contributed by atoms with van der Waals surface area (Å²) in [4.78, 5) is 22.5. The van der Waals surface area contributed by atoms with Gasteiger partial charge in [0.05, 0.1) is 18.8 Å².